The van der Waals surface area contributed by atoms with Crippen molar-refractivity contribution in [1.29, 1.82) is 0 Å². The Morgan fingerprint density at radius 2 is 2.17 bits per heavy atom. The van der Waals surface area contributed by atoms with E-state index in [4.69, 9.17) is 11.6 Å². The number of hydrogen-bond donors (Lipinski definition) is 2. The summed E-state index contributed by atoms with van der Waals surface area (Å²) in [5.74, 6) is 0.984. The molecular weight excluding hydrogens is 402 g/mol. The Kier molecular flexibility index (Phi) is 7.41. The zero-order valence-electron chi connectivity index (χ0n) is 17.0. The number of piperidine rings is 1. The summed E-state index contributed by atoms with van der Waals surface area (Å²) in [6.07, 6.45) is 5.47. The number of anilines is 3. The molecular formula is C22H26ClN5O2. The number of allylic oxidation sites excluding steroid dienone is 1. The Balaban J connectivity index is 1.74. The summed E-state index contributed by atoms with van der Waals surface area (Å²) in [6, 6.07) is 7.57. The van der Waals surface area contributed by atoms with Gasteiger partial charge in [0.2, 0.25) is 11.9 Å². The summed E-state index contributed by atoms with van der Waals surface area (Å²) in [4.78, 5) is 34.5. The van der Waals surface area contributed by atoms with Gasteiger partial charge < -0.3 is 15.5 Å². The van der Waals surface area contributed by atoms with Crippen LogP contribution in [0.2, 0.25) is 5.02 Å². The van der Waals surface area contributed by atoms with Crippen molar-refractivity contribution in [3.05, 3.63) is 53.7 Å². The number of ketones is 1. The topological polar surface area (TPSA) is 87.2 Å². The largest absolute Gasteiger partial charge is 0.350 e. The SMILES string of the molecule is C=CC(=O)Cc1ccccc1Nc1nc(N[C@H]2CCCN(C(=O)CC)C2)ncc1Cl. The van der Waals surface area contributed by atoms with E-state index in [0.29, 0.717) is 29.8 Å². The molecule has 1 aromatic heterocycles. The van der Waals surface area contributed by atoms with E-state index >= 15 is 0 Å². The second kappa shape index (κ2) is 10.2. The van der Waals surface area contributed by atoms with Crippen molar-refractivity contribution >= 4 is 40.7 Å². The van der Waals surface area contributed by atoms with E-state index < -0.39 is 0 Å². The van der Waals surface area contributed by atoms with Gasteiger partial charge in [-0.2, -0.15) is 4.98 Å². The van der Waals surface area contributed by atoms with Crippen LogP contribution < -0.4 is 10.6 Å². The molecule has 1 atom stereocenters. The minimum atomic E-state index is -0.0659. The number of benzene rings is 1. The molecule has 30 heavy (non-hydrogen) atoms. The summed E-state index contributed by atoms with van der Waals surface area (Å²) < 4.78 is 0. The number of nitrogens with zero attached hydrogens (tertiary/aromatic N) is 3. The van der Waals surface area contributed by atoms with E-state index in [1.54, 1.807) is 0 Å². The van der Waals surface area contributed by atoms with Gasteiger partial charge in [0.1, 0.15) is 5.02 Å². The number of hydrogen-bond acceptors (Lipinski definition) is 6. The van der Waals surface area contributed by atoms with Crippen molar-refractivity contribution in [2.75, 3.05) is 23.7 Å². The third-order valence-electron chi connectivity index (χ3n) is 5.02. The highest BCUT2D eigenvalue weighted by Gasteiger charge is 2.23. The maximum Gasteiger partial charge on any atom is 0.224 e. The highest BCUT2D eigenvalue weighted by Crippen LogP contribution is 2.27. The number of carbonyl (C=O) groups is 2. The molecule has 1 aliphatic heterocycles. The van der Waals surface area contributed by atoms with E-state index in [1.165, 1.54) is 12.3 Å². The van der Waals surface area contributed by atoms with Crippen molar-refractivity contribution in [3.8, 4) is 0 Å². The molecule has 1 amide bonds. The van der Waals surface area contributed by atoms with Crippen LogP contribution in [0.3, 0.4) is 0 Å². The second-order valence-electron chi connectivity index (χ2n) is 7.20. The van der Waals surface area contributed by atoms with Crippen molar-refractivity contribution in [3.63, 3.8) is 0 Å². The van der Waals surface area contributed by atoms with Gasteiger partial charge in [0.15, 0.2) is 11.6 Å². The van der Waals surface area contributed by atoms with Crippen LogP contribution in [-0.4, -0.2) is 45.7 Å². The number of carbonyl (C=O) groups excluding carboxylic acids is 2. The van der Waals surface area contributed by atoms with Gasteiger partial charge in [-0.1, -0.05) is 43.3 Å². The van der Waals surface area contributed by atoms with Crippen LogP contribution in [0.5, 0.6) is 0 Å². The van der Waals surface area contributed by atoms with Gasteiger partial charge in [0, 0.05) is 37.7 Å². The van der Waals surface area contributed by atoms with E-state index in [9.17, 15) is 9.59 Å². The molecule has 2 heterocycles. The third-order valence-corrected chi connectivity index (χ3v) is 5.29. The zero-order chi connectivity index (χ0) is 21.5. The van der Waals surface area contributed by atoms with Gasteiger partial charge in [0.25, 0.3) is 0 Å². The number of para-hydroxylation sites is 1. The molecule has 2 aromatic rings. The minimum Gasteiger partial charge on any atom is -0.350 e. The lowest BCUT2D eigenvalue weighted by molar-refractivity contribution is -0.131. The molecule has 1 aliphatic rings. The molecule has 0 aliphatic carbocycles. The zero-order valence-corrected chi connectivity index (χ0v) is 17.8. The first kappa shape index (κ1) is 21.8. The van der Waals surface area contributed by atoms with Crippen LogP contribution in [0, 0.1) is 0 Å². The number of halogens is 1. The first-order chi connectivity index (χ1) is 14.5. The number of aromatic nitrogens is 2. The number of rotatable bonds is 8. The van der Waals surface area contributed by atoms with Crippen LogP contribution >= 0.6 is 11.6 Å². The molecule has 0 radical (unpaired) electrons. The summed E-state index contributed by atoms with van der Waals surface area (Å²) in [5, 5.41) is 6.90. The number of amides is 1. The van der Waals surface area contributed by atoms with E-state index in [2.05, 4.69) is 27.2 Å². The van der Waals surface area contributed by atoms with Crippen LogP contribution in [0.4, 0.5) is 17.5 Å². The summed E-state index contributed by atoms with van der Waals surface area (Å²) in [7, 11) is 0. The highest BCUT2D eigenvalue weighted by atomic mass is 35.5. The Hall–Kier alpha value is -2.93. The van der Waals surface area contributed by atoms with Crippen LogP contribution in [0.15, 0.2) is 43.1 Å². The van der Waals surface area contributed by atoms with E-state index in [0.717, 1.165) is 30.6 Å². The maximum atomic E-state index is 12.0. The maximum absolute atomic E-state index is 12.0. The molecule has 0 bridgehead atoms. The van der Waals surface area contributed by atoms with Crippen molar-refractivity contribution in [2.45, 2.75) is 38.6 Å². The molecule has 1 aromatic carbocycles. The fourth-order valence-corrected chi connectivity index (χ4v) is 3.57. The molecule has 3 rings (SSSR count). The molecule has 1 fully saturated rings. The van der Waals surface area contributed by atoms with Crippen LogP contribution in [-0.2, 0) is 16.0 Å². The second-order valence-corrected chi connectivity index (χ2v) is 7.60. The van der Waals surface area contributed by atoms with E-state index in [-0.39, 0.29) is 24.2 Å². The van der Waals surface area contributed by atoms with E-state index in [1.807, 2.05) is 36.1 Å². The van der Waals surface area contributed by atoms with Crippen molar-refractivity contribution in [1.82, 2.24) is 14.9 Å². The summed E-state index contributed by atoms with van der Waals surface area (Å²) in [5.41, 5.74) is 1.57. The lowest BCUT2D eigenvalue weighted by Gasteiger charge is -2.33. The Bertz CT molecular complexity index is 933. The van der Waals surface area contributed by atoms with Gasteiger partial charge in [0.05, 0.1) is 6.20 Å². The average Bonchev–Trinajstić information content (AvgIpc) is 2.76. The molecule has 2 N–H and O–H groups in total. The fraction of sp³-hybridized carbons (Fsp3) is 0.364. The van der Waals surface area contributed by atoms with Gasteiger partial charge >= 0.3 is 0 Å². The smallest absolute Gasteiger partial charge is 0.224 e. The molecule has 8 heteroatoms. The Morgan fingerprint density at radius 3 is 2.93 bits per heavy atom. The van der Waals surface area contributed by atoms with Gasteiger partial charge in [-0.05, 0) is 30.5 Å². The van der Waals surface area contributed by atoms with Gasteiger partial charge in [-0.15, -0.1) is 0 Å². The third kappa shape index (κ3) is 5.57. The van der Waals surface area contributed by atoms with Crippen molar-refractivity contribution in [2.24, 2.45) is 0 Å². The molecule has 158 valence electrons. The molecule has 0 spiro atoms. The van der Waals surface area contributed by atoms with Crippen molar-refractivity contribution < 1.29 is 9.59 Å². The highest BCUT2D eigenvalue weighted by molar-refractivity contribution is 6.32. The Labute approximate surface area is 181 Å². The standard InChI is InChI=1S/C22H26ClN5O2/c1-3-17(29)12-15-8-5-6-10-19(15)26-21-18(23)13-24-22(27-21)25-16-9-7-11-28(14-16)20(30)4-2/h3,5-6,8,10,13,16H,1,4,7,9,11-12,14H2,2H3,(H2,24,25,26,27)/t16-/m0/s1. The lowest BCUT2D eigenvalue weighted by Crippen LogP contribution is -2.45. The van der Waals surface area contributed by atoms with Gasteiger partial charge in [-0.3, -0.25) is 9.59 Å². The predicted octanol–water partition coefficient (Wildman–Crippen LogP) is 3.98. The normalized spacial score (nSPS) is 16.1. The lowest BCUT2D eigenvalue weighted by atomic mass is 10.1. The first-order valence-corrected chi connectivity index (χ1v) is 10.4. The molecule has 0 saturated carbocycles. The molecule has 1 saturated heterocycles. The molecule has 0 unspecified atom stereocenters. The minimum absolute atomic E-state index is 0.0659. The number of nitrogens with one attached hydrogen (secondary N) is 2. The molecule has 7 nitrogen and oxygen atoms in total. The predicted molar refractivity (Wildman–Crippen MR) is 119 cm³/mol. The monoisotopic (exact) mass is 427 g/mol. The van der Waals surface area contributed by atoms with Crippen LogP contribution in [0.1, 0.15) is 31.7 Å². The summed E-state index contributed by atoms with van der Waals surface area (Å²) in [6.45, 7) is 6.83. The first-order valence-electron chi connectivity index (χ1n) is 10.1. The Morgan fingerprint density at radius 1 is 1.37 bits per heavy atom. The average molecular weight is 428 g/mol. The number of likely N-dealkylation sites (tertiary alicyclic amines) is 1. The summed E-state index contributed by atoms with van der Waals surface area (Å²) >= 11 is 6.31. The van der Waals surface area contributed by atoms with Crippen LogP contribution in [0.25, 0.3) is 0 Å². The quantitative estimate of drug-likeness (QED) is 0.619. The fourth-order valence-electron chi connectivity index (χ4n) is 3.44. The van der Waals surface area contributed by atoms with Gasteiger partial charge in [-0.25, -0.2) is 4.98 Å².